The molecule has 1 heterocycles. The molecule has 0 aliphatic carbocycles. The molecule has 1 aromatic rings. The number of hydrogen-bond acceptors (Lipinski definition) is 3. The first-order valence-corrected chi connectivity index (χ1v) is 5.66. The van der Waals surface area contributed by atoms with Crippen LogP contribution < -0.4 is 0 Å². The number of hydrogen-bond donors (Lipinski definition) is 0. The maximum Gasteiger partial charge on any atom is 0.338 e. The molecule has 1 aliphatic heterocycles. The van der Waals surface area contributed by atoms with Gasteiger partial charge in [0.05, 0.1) is 6.61 Å². The summed E-state index contributed by atoms with van der Waals surface area (Å²) in [6.07, 6.45) is -0.947. The van der Waals surface area contributed by atoms with Gasteiger partial charge in [-0.15, -0.1) is 0 Å². The lowest BCUT2D eigenvalue weighted by Gasteiger charge is -2.02. The molecular formula is C11H10Cl2O3. The van der Waals surface area contributed by atoms with Gasteiger partial charge in [0, 0.05) is 15.6 Å². The monoisotopic (exact) mass is 260 g/mol. The second kappa shape index (κ2) is 4.62. The minimum absolute atomic E-state index is 0.335. The maximum absolute atomic E-state index is 11.4. The summed E-state index contributed by atoms with van der Waals surface area (Å²) in [6, 6.07) is 5.18. The second-order valence-electron chi connectivity index (χ2n) is 3.36. The largest absolute Gasteiger partial charge is 0.464 e. The third-order valence-electron chi connectivity index (χ3n) is 2.29. The van der Waals surface area contributed by atoms with E-state index in [0.717, 1.165) is 0 Å². The van der Waals surface area contributed by atoms with Crippen LogP contribution in [0.5, 0.6) is 0 Å². The van der Waals surface area contributed by atoms with E-state index in [1.54, 1.807) is 25.1 Å². The summed E-state index contributed by atoms with van der Waals surface area (Å²) in [5, 5.41) is 1.01. The Morgan fingerprint density at radius 2 is 2.06 bits per heavy atom. The molecule has 16 heavy (non-hydrogen) atoms. The summed E-state index contributed by atoms with van der Waals surface area (Å²) in [5.74, 6) is -0.372. The van der Waals surface area contributed by atoms with Crippen LogP contribution in [0.3, 0.4) is 0 Å². The molecule has 0 radical (unpaired) electrons. The summed E-state index contributed by atoms with van der Waals surface area (Å²) in [7, 11) is 0. The Bertz CT molecular complexity index is 399. The van der Waals surface area contributed by atoms with Crippen molar-refractivity contribution >= 4 is 29.2 Å². The lowest BCUT2D eigenvalue weighted by molar-refractivity contribution is -0.144. The Morgan fingerprint density at radius 1 is 1.44 bits per heavy atom. The van der Waals surface area contributed by atoms with E-state index in [2.05, 4.69) is 0 Å². The lowest BCUT2D eigenvalue weighted by atomic mass is 10.1. The van der Waals surface area contributed by atoms with Gasteiger partial charge in [-0.05, 0) is 19.1 Å². The third-order valence-corrected chi connectivity index (χ3v) is 2.95. The summed E-state index contributed by atoms with van der Waals surface area (Å²) < 4.78 is 10.1. The fourth-order valence-corrected chi connectivity index (χ4v) is 2.13. The second-order valence-corrected chi connectivity index (χ2v) is 4.18. The molecule has 0 unspecified atom stereocenters. The van der Waals surface area contributed by atoms with Crippen molar-refractivity contribution in [2.75, 3.05) is 6.61 Å². The number of esters is 1. The summed E-state index contributed by atoms with van der Waals surface area (Å²) in [6.45, 7) is 2.08. The zero-order valence-corrected chi connectivity index (χ0v) is 10.1. The van der Waals surface area contributed by atoms with Crippen molar-refractivity contribution in [2.45, 2.75) is 19.1 Å². The number of ether oxygens (including phenoxy) is 2. The van der Waals surface area contributed by atoms with Crippen LogP contribution in [0.2, 0.25) is 10.0 Å². The molecule has 1 aliphatic rings. The third kappa shape index (κ3) is 2.17. The first kappa shape index (κ1) is 11.7. The molecule has 1 saturated heterocycles. The van der Waals surface area contributed by atoms with E-state index in [1.807, 2.05) is 0 Å². The van der Waals surface area contributed by atoms with Crippen molar-refractivity contribution in [3.8, 4) is 0 Å². The van der Waals surface area contributed by atoms with E-state index in [1.165, 1.54) is 0 Å². The Labute approximate surface area is 103 Å². The predicted molar refractivity (Wildman–Crippen MR) is 60.7 cm³/mol. The van der Waals surface area contributed by atoms with Crippen molar-refractivity contribution < 1.29 is 14.3 Å². The number of carbonyl (C=O) groups excluding carboxylic acids is 1. The molecule has 0 aromatic heterocycles. The highest BCUT2D eigenvalue weighted by atomic mass is 35.5. The standard InChI is InChI=1S/C11H10Cl2O3/c1-2-15-11(14)10-9(16-10)8-6(12)4-3-5-7(8)13/h3-5,9-10H,2H2,1H3/t9-,10+/m0/s1. The first-order valence-electron chi connectivity index (χ1n) is 4.91. The molecule has 2 rings (SSSR count). The number of carbonyl (C=O) groups is 1. The SMILES string of the molecule is CCOC(=O)[C@@H]1O[C@H]1c1c(Cl)cccc1Cl. The molecule has 2 atom stereocenters. The van der Waals surface area contributed by atoms with Gasteiger partial charge in [0.15, 0.2) is 6.10 Å². The Morgan fingerprint density at radius 3 is 2.62 bits per heavy atom. The molecule has 0 N–H and O–H groups in total. The highest BCUT2D eigenvalue weighted by Gasteiger charge is 2.49. The molecule has 3 nitrogen and oxygen atoms in total. The van der Waals surface area contributed by atoms with E-state index in [9.17, 15) is 4.79 Å². The van der Waals surface area contributed by atoms with Crippen molar-refractivity contribution in [2.24, 2.45) is 0 Å². The van der Waals surface area contributed by atoms with E-state index < -0.39 is 6.10 Å². The highest BCUT2D eigenvalue weighted by molar-refractivity contribution is 6.36. The van der Waals surface area contributed by atoms with Crippen LogP contribution >= 0.6 is 23.2 Å². The van der Waals surface area contributed by atoms with Gasteiger partial charge in [-0.1, -0.05) is 29.3 Å². The molecule has 0 bridgehead atoms. The smallest absolute Gasteiger partial charge is 0.338 e. The van der Waals surface area contributed by atoms with Crippen LogP contribution in [-0.2, 0) is 14.3 Å². The van der Waals surface area contributed by atoms with Gasteiger partial charge < -0.3 is 9.47 Å². The van der Waals surface area contributed by atoms with Crippen LogP contribution in [0.25, 0.3) is 0 Å². The molecule has 86 valence electrons. The summed E-state index contributed by atoms with van der Waals surface area (Å²) in [4.78, 5) is 11.4. The first-order chi connectivity index (χ1) is 7.65. The molecule has 1 fully saturated rings. The fourth-order valence-electron chi connectivity index (χ4n) is 1.52. The quantitative estimate of drug-likeness (QED) is 0.620. The van der Waals surface area contributed by atoms with Gasteiger partial charge in [-0.2, -0.15) is 0 Å². The van der Waals surface area contributed by atoms with Crippen LogP contribution in [-0.4, -0.2) is 18.7 Å². The lowest BCUT2D eigenvalue weighted by Crippen LogP contribution is -2.12. The molecule has 0 saturated carbocycles. The summed E-state index contributed by atoms with van der Waals surface area (Å²) >= 11 is 12.0. The predicted octanol–water partition coefficient (Wildman–Crippen LogP) is 3.00. The average Bonchev–Trinajstić information content (AvgIpc) is 2.98. The number of benzene rings is 1. The number of epoxide rings is 1. The number of halogens is 2. The van der Waals surface area contributed by atoms with Crippen molar-refractivity contribution in [1.29, 1.82) is 0 Å². The van der Waals surface area contributed by atoms with Crippen LogP contribution in [0.1, 0.15) is 18.6 Å². The molecule has 0 spiro atoms. The maximum atomic E-state index is 11.4. The topological polar surface area (TPSA) is 38.8 Å². The van der Waals surface area contributed by atoms with E-state index in [0.29, 0.717) is 22.2 Å². The minimum atomic E-state index is -0.572. The zero-order valence-electron chi connectivity index (χ0n) is 8.57. The minimum Gasteiger partial charge on any atom is -0.464 e. The molecule has 5 heteroatoms. The highest BCUT2D eigenvalue weighted by Crippen LogP contribution is 2.45. The molecular weight excluding hydrogens is 251 g/mol. The molecule has 1 aromatic carbocycles. The van der Waals surface area contributed by atoms with Crippen LogP contribution in [0.4, 0.5) is 0 Å². The van der Waals surface area contributed by atoms with Gasteiger partial charge in [0.1, 0.15) is 6.10 Å². The van der Waals surface area contributed by atoms with Crippen LogP contribution in [0, 0.1) is 0 Å². The Kier molecular flexibility index (Phi) is 3.38. The molecule has 0 amide bonds. The average molecular weight is 261 g/mol. The van der Waals surface area contributed by atoms with Crippen LogP contribution in [0.15, 0.2) is 18.2 Å². The Hall–Kier alpha value is -0.770. The number of rotatable bonds is 3. The van der Waals surface area contributed by atoms with Gasteiger partial charge in [-0.25, -0.2) is 4.79 Å². The van der Waals surface area contributed by atoms with Crippen molar-refractivity contribution in [3.05, 3.63) is 33.8 Å². The summed E-state index contributed by atoms with van der Waals surface area (Å²) in [5.41, 5.74) is 0.656. The van der Waals surface area contributed by atoms with Gasteiger partial charge in [-0.3, -0.25) is 0 Å². The van der Waals surface area contributed by atoms with Crippen molar-refractivity contribution in [1.82, 2.24) is 0 Å². The van der Waals surface area contributed by atoms with Gasteiger partial charge in [0.2, 0.25) is 0 Å². The van der Waals surface area contributed by atoms with Gasteiger partial charge >= 0.3 is 5.97 Å². The Balaban J connectivity index is 2.14. The van der Waals surface area contributed by atoms with Gasteiger partial charge in [0.25, 0.3) is 0 Å². The zero-order chi connectivity index (χ0) is 11.7. The van der Waals surface area contributed by atoms with Crippen molar-refractivity contribution in [3.63, 3.8) is 0 Å². The van der Waals surface area contributed by atoms with E-state index in [4.69, 9.17) is 32.7 Å². The normalized spacial score (nSPS) is 22.9. The van der Waals surface area contributed by atoms with E-state index in [-0.39, 0.29) is 12.1 Å². The fraction of sp³-hybridized carbons (Fsp3) is 0.364. The van der Waals surface area contributed by atoms with E-state index >= 15 is 0 Å².